The third-order valence-corrected chi connectivity index (χ3v) is 4.64. The summed E-state index contributed by atoms with van der Waals surface area (Å²) in [5.74, 6) is -0.987. The van der Waals surface area contributed by atoms with Crippen LogP contribution in [0, 0.1) is 6.92 Å². The van der Waals surface area contributed by atoms with Crippen molar-refractivity contribution in [2.45, 2.75) is 25.9 Å². The van der Waals surface area contributed by atoms with Gasteiger partial charge in [-0.05, 0) is 35.8 Å². The average Bonchev–Trinajstić information content (AvgIpc) is 2.73. The Morgan fingerprint density at radius 1 is 1.75 bits per heavy atom. The van der Waals surface area contributed by atoms with Gasteiger partial charge in [0.05, 0.1) is 4.88 Å². The highest BCUT2D eigenvalue weighted by Crippen LogP contribution is 2.32. The molecular formula is C10H10BrNO3S. The number of aliphatic carboxylic acids is 1. The van der Waals surface area contributed by atoms with E-state index in [0.717, 1.165) is 14.2 Å². The SMILES string of the molecule is Cc1sc(C2=NOC(C)(C(=O)O)C2)cc1Br. The lowest BCUT2D eigenvalue weighted by Crippen LogP contribution is -2.35. The second-order valence-electron chi connectivity index (χ2n) is 3.86. The summed E-state index contributed by atoms with van der Waals surface area (Å²) in [6, 6.07) is 1.94. The maximum Gasteiger partial charge on any atom is 0.351 e. The van der Waals surface area contributed by atoms with Crippen LogP contribution >= 0.6 is 27.3 Å². The number of carboxylic acids is 1. The van der Waals surface area contributed by atoms with Gasteiger partial charge in [-0.2, -0.15) is 0 Å². The highest BCUT2D eigenvalue weighted by Gasteiger charge is 2.42. The van der Waals surface area contributed by atoms with Gasteiger partial charge in [-0.3, -0.25) is 0 Å². The molecule has 0 aromatic carbocycles. The molecule has 6 heteroatoms. The molecule has 1 atom stereocenters. The molecular weight excluding hydrogens is 294 g/mol. The minimum absolute atomic E-state index is 0.300. The zero-order valence-corrected chi connectivity index (χ0v) is 11.2. The average molecular weight is 304 g/mol. The van der Waals surface area contributed by atoms with E-state index < -0.39 is 11.6 Å². The van der Waals surface area contributed by atoms with Crippen LogP contribution in [0.1, 0.15) is 23.1 Å². The smallest absolute Gasteiger partial charge is 0.351 e. The zero-order chi connectivity index (χ0) is 11.9. The molecule has 0 saturated heterocycles. The maximum atomic E-state index is 11.0. The lowest BCUT2D eigenvalue weighted by Gasteiger charge is -2.14. The molecule has 1 N–H and O–H groups in total. The molecule has 1 aliphatic rings. The van der Waals surface area contributed by atoms with E-state index in [-0.39, 0.29) is 0 Å². The molecule has 2 rings (SSSR count). The van der Waals surface area contributed by atoms with Gasteiger partial charge in [-0.25, -0.2) is 4.79 Å². The molecule has 0 aliphatic carbocycles. The molecule has 4 nitrogen and oxygen atoms in total. The van der Waals surface area contributed by atoms with E-state index in [4.69, 9.17) is 9.94 Å². The van der Waals surface area contributed by atoms with Crippen molar-refractivity contribution in [2.75, 3.05) is 0 Å². The molecule has 0 saturated carbocycles. The Hall–Kier alpha value is -0.880. The van der Waals surface area contributed by atoms with Crippen molar-refractivity contribution in [3.05, 3.63) is 20.3 Å². The molecule has 1 aliphatic heterocycles. The first-order valence-corrected chi connectivity index (χ1v) is 6.28. The van der Waals surface area contributed by atoms with Gasteiger partial charge in [0.1, 0.15) is 5.71 Å². The number of aryl methyl sites for hydroxylation is 1. The first-order chi connectivity index (χ1) is 7.42. The molecule has 0 bridgehead atoms. The van der Waals surface area contributed by atoms with Gasteiger partial charge in [0.15, 0.2) is 0 Å². The highest BCUT2D eigenvalue weighted by atomic mass is 79.9. The lowest BCUT2D eigenvalue weighted by molar-refractivity contribution is -0.160. The predicted molar refractivity (Wildman–Crippen MR) is 65.0 cm³/mol. The standard InChI is InChI=1S/C10H10BrNO3S/c1-5-6(11)3-8(16-5)7-4-10(2,9(13)14)15-12-7/h3H,4H2,1-2H3,(H,13,14). The van der Waals surface area contributed by atoms with Gasteiger partial charge in [0, 0.05) is 15.8 Å². The van der Waals surface area contributed by atoms with Crippen molar-refractivity contribution in [3.63, 3.8) is 0 Å². The van der Waals surface area contributed by atoms with Crippen LogP contribution in [0.2, 0.25) is 0 Å². The van der Waals surface area contributed by atoms with E-state index in [2.05, 4.69) is 21.1 Å². The molecule has 16 heavy (non-hydrogen) atoms. The van der Waals surface area contributed by atoms with Crippen LogP contribution in [0.5, 0.6) is 0 Å². The summed E-state index contributed by atoms with van der Waals surface area (Å²) in [6.07, 6.45) is 0.300. The van der Waals surface area contributed by atoms with Crippen LogP contribution in [-0.4, -0.2) is 22.4 Å². The summed E-state index contributed by atoms with van der Waals surface area (Å²) < 4.78 is 1.01. The number of halogens is 1. The van der Waals surface area contributed by atoms with E-state index in [0.29, 0.717) is 12.1 Å². The second-order valence-corrected chi connectivity index (χ2v) is 5.97. The van der Waals surface area contributed by atoms with Crippen LogP contribution in [0.25, 0.3) is 0 Å². The van der Waals surface area contributed by atoms with E-state index >= 15 is 0 Å². The summed E-state index contributed by atoms with van der Waals surface area (Å²) in [6.45, 7) is 3.52. The van der Waals surface area contributed by atoms with Crippen LogP contribution < -0.4 is 0 Å². The molecule has 86 valence electrons. The summed E-state index contributed by atoms with van der Waals surface area (Å²) >= 11 is 4.99. The summed E-state index contributed by atoms with van der Waals surface area (Å²) in [5, 5.41) is 12.9. The van der Waals surface area contributed by atoms with Gasteiger partial charge in [0.2, 0.25) is 5.60 Å². The molecule has 0 amide bonds. The van der Waals surface area contributed by atoms with Crippen LogP contribution in [0.15, 0.2) is 15.7 Å². The Labute approximate surface area is 105 Å². The van der Waals surface area contributed by atoms with Crippen molar-refractivity contribution < 1.29 is 14.7 Å². The monoisotopic (exact) mass is 303 g/mol. The predicted octanol–water partition coefficient (Wildman–Crippen LogP) is 2.79. The van der Waals surface area contributed by atoms with E-state index in [1.54, 1.807) is 11.3 Å². The number of thiophene rings is 1. The molecule has 1 aromatic rings. The number of hydrogen-bond acceptors (Lipinski definition) is 4. The summed E-state index contributed by atoms with van der Waals surface area (Å²) in [5.41, 5.74) is -0.525. The van der Waals surface area contributed by atoms with Crippen LogP contribution in [0.4, 0.5) is 0 Å². The van der Waals surface area contributed by atoms with Crippen LogP contribution in [0.3, 0.4) is 0 Å². The zero-order valence-electron chi connectivity index (χ0n) is 8.78. The summed E-state index contributed by atoms with van der Waals surface area (Å²) in [4.78, 5) is 18.1. The molecule has 1 unspecified atom stereocenters. The Bertz CT molecular complexity index is 463. The Balaban J connectivity index is 2.24. The van der Waals surface area contributed by atoms with Gasteiger partial charge in [0.25, 0.3) is 0 Å². The summed E-state index contributed by atoms with van der Waals surface area (Å²) in [7, 11) is 0. The minimum atomic E-state index is -1.22. The number of nitrogens with zero attached hydrogens (tertiary/aromatic N) is 1. The maximum absolute atomic E-state index is 11.0. The second kappa shape index (κ2) is 3.85. The molecule has 0 fully saturated rings. The number of hydrogen-bond donors (Lipinski definition) is 1. The van der Waals surface area contributed by atoms with Crippen molar-refractivity contribution in [1.82, 2.24) is 0 Å². The van der Waals surface area contributed by atoms with Crippen LogP contribution in [-0.2, 0) is 9.63 Å². The van der Waals surface area contributed by atoms with E-state index in [1.807, 2.05) is 13.0 Å². The van der Waals surface area contributed by atoms with E-state index in [9.17, 15) is 4.79 Å². The third-order valence-electron chi connectivity index (χ3n) is 2.46. The Morgan fingerprint density at radius 2 is 2.44 bits per heavy atom. The first kappa shape index (κ1) is 11.6. The molecule has 0 radical (unpaired) electrons. The van der Waals surface area contributed by atoms with Gasteiger partial charge >= 0.3 is 5.97 Å². The fourth-order valence-corrected chi connectivity index (χ4v) is 2.90. The minimum Gasteiger partial charge on any atom is -0.478 e. The fourth-order valence-electron chi connectivity index (χ4n) is 1.39. The fraction of sp³-hybridized carbons (Fsp3) is 0.400. The molecule has 2 heterocycles. The van der Waals surface area contributed by atoms with Crippen molar-refractivity contribution in [2.24, 2.45) is 5.16 Å². The first-order valence-electron chi connectivity index (χ1n) is 4.67. The highest BCUT2D eigenvalue weighted by molar-refractivity contribution is 9.10. The van der Waals surface area contributed by atoms with Gasteiger partial charge in [-0.15, -0.1) is 11.3 Å². The van der Waals surface area contributed by atoms with Gasteiger partial charge in [-0.1, -0.05) is 5.16 Å². The van der Waals surface area contributed by atoms with Crippen molar-refractivity contribution in [1.29, 1.82) is 0 Å². The van der Waals surface area contributed by atoms with Crippen molar-refractivity contribution in [3.8, 4) is 0 Å². The largest absolute Gasteiger partial charge is 0.478 e. The number of carbonyl (C=O) groups is 1. The Morgan fingerprint density at radius 3 is 2.88 bits per heavy atom. The topological polar surface area (TPSA) is 58.9 Å². The van der Waals surface area contributed by atoms with Crippen molar-refractivity contribution >= 4 is 38.9 Å². The molecule has 0 spiro atoms. The normalized spacial score (nSPS) is 24.1. The lowest BCUT2D eigenvalue weighted by atomic mass is 10.00. The van der Waals surface area contributed by atoms with Gasteiger partial charge < -0.3 is 9.94 Å². The Kier molecular flexibility index (Phi) is 2.79. The quantitative estimate of drug-likeness (QED) is 0.914. The third kappa shape index (κ3) is 1.87. The van der Waals surface area contributed by atoms with E-state index in [1.165, 1.54) is 6.92 Å². The number of rotatable bonds is 2. The number of carboxylic acid groups (broad SMARTS) is 1. The number of oxime groups is 1. The molecule has 1 aromatic heterocycles.